The van der Waals surface area contributed by atoms with Crippen molar-refractivity contribution < 1.29 is 4.79 Å². The molecule has 0 bridgehead atoms. The monoisotopic (exact) mass is 176 g/mol. The van der Waals surface area contributed by atoms with Gasteiger partial charge < -0.3 is 5.32 Å². The Morgan fingerprint density at radius 2 is 2.54 bits per heavy atom. The molecule has 1 amide bonds. The number of rotatable bonds is 1. The summed E-state index contributed by atoms with van der Waals surface area (Å²) in [6, 6.07) is 3.92. The van der Waals surface area contributed by atoms with Crippen LogP contribution >= 0.6 is 0 Å². The van der Waals surface area contributed by atoms with E-state index in [0.717, 1.165) is 17.7 Å². The van der Waals surface area contributed by atoms with Gasteiger partial charge in [0.1, 0.15) is 0 Å². The SMILES string of the molecule is CCC1C(=O)NCc2cccnc21. The molecule has 1 atom stereocenters. The predicted octanol–water partition coefficient (Wildman–Crippen LogP) is 1.21. The van der Waals surface area contributed by atoms with E-state index in [0.29, 0.717) is 6.54 Å². The molecule has 0 radical (unpaired) electrons. The van der Waals surface area contributed by atoms with E-state index >= 15 is 0 Å². The Balaban J connectivity index is 2.45. The van der Waals surface area contributed by atoms with Gasteiger partial charge in [-0.15, -0.1) is 0 Å². The zero-order valence-corrected chi connectivity index (χ0v) is 7.58. The number of hydrogen-bond acceptors (Lipinski definition) is 2. The van der Waals surface area contributed by atoms with Crippen LogP contribution in [0.25, 0.3) is 0 Å². The molecular weight excluding hydrogens is 164 g/mol. The van der Waals surface area contributed by atoms with Crippen molar-refractivity contribution in [1.82, 2.24) is 10.3 Å². The fourth-order valence-corrected chi connectivity index (χ4v) is 1.72. The Bertz CT molecular complexity index is 335. The second kappa shape index (κ2) is 3.17. The molecule has 1 aromatic rings. The second-order valence-electron chi connectivity index (χ2n) is 3.23. The van der Waals surface area contributed by atoms with Gasteiger partial charge in [0.2, 0.25) is 5.91 Å². The lowest BCUT2D eigenvalue weighted by Crippen LogP contribution is -2.34. The third-order valence-corrected chi connectivity index (χ3v) is 2.43. The normalized spacial score (nSPS) is 20.7. The van der Waals surface area contributed by atoms with E-state index in [1.165, 1.54) is 0 Å². The van der Waals surface area contributed by atoms with Gasteiger partial charge in [0.05, 0.1) is 11.6 Å². The van der Waals surface area contributed by atoms with E-state index in [2.05, 4.69) is 10.3 Å². The largest absolute Gasteiger partial charge is 0.351 e. The van der Waals surface area contributed by atoms with Crippen LogP contribution in [0.4, 0.5) is 0 Å². The number of nitrogens with zero attached hydrogens (tertiary/aromatic N) is 1. The van der Waals surface area contributed by atoms with E-state index < -0.39 is 0 Å². The molecule has 1 aromatic heterocycles. The van der Waals surface area contributed by atoms with E-state index in [4.69, 9.17) is 0 Å². The Hall–Kier alpha value is -1.38. The summed E-state index contributed by atoms with van der Waals surface area (Å²) in [5.41, 5.74) is 2.10. The molecule has 1 unspecified atom stereocenters. The first-order valence-corrected chi connectivity index (χ1v) is 4.54. The minimum absolute atomic E-state index is 0.0510. The Morgan fingerprint density at radius 3 is 3.31 bits per heavy atom. The molecule has 2 rings (SSSR count). The molecular formula is C10H12N2O. The fraction of sp³-hybridized carbons (Fsp3) is 0.400. The van der Waals surface area contributed by atoms with Gasteiger partial charge in [-0.05, 0) is 18.1 Å². The number of carbonyl (C=O) groups is 1. The number of fused-ring (bicyclic) bond motifs is 1. The summed E-state index contributed by atoms with van der Waals surface area (Å²) >= 11 is 0. The second-order valence-corrected chi connectivity index (χ2v) is 3.23. The Morgan fingerprint density at radius 1 is 1.69 bits per heavy atom. The predicted molar refractivity (Wildman–Crippen MR) is 49.1 cm³/mol. The molecule has 13 heavy (non-hydrogen) atoms. The highest BCUT2D eigenvalue weighted by atomic mass is 16.1. The van der Waals surface area contributed by atoms with E-state index in [-0.39, 0.29) is 11.8 Å². The lowest BCUT2D eigenvalue weighted by molar-refractivity contribution is -0.123. The van der Waals surface area contributed by atoms with Crippen LogP contribution in [0.5, 0.6) is 0 Å². The molecule has 3 heteroatoms. The quantitative estimate of drug-likeness (QED) is 0.698. The van der Waals surface area contributed by atoms with Gasteiger partial charge >= 0.3 is 0 Å². The van der Waals surface area contributed by atoms with Gasteiger partial charge in [-0.2, -0.15) is 0 Å². The van der Waals surface area contributed by atoms with E-state index in [1.807, 2.05) is 19.1 Å². The maximum atomic E-state index is 11.4. The van der Waals surface area contributed by atoms with Crippen LogP contribution < -0.4 is 5.32 Å². The van der Waals surface area contributed by atoms with Crippen molar-refractivity contribution in [2.24, 2.45) is 0 Å². The summed E-state index contributed by atoms with van der Waals surface area (Å²) in [5.74, 6) is 0.0543. The Kier molecular flexibility index (Phi) is 2.00. The number of pyridine rings is 1. The molecule has 1 aliphatic rings. The van der Waals surface area contributed by atoms with Crippen molar-refractivity contribution >= 4 is 5.91 Å². The van der Waals surface area contributed by atoms with Gasteiger partial charge in [-0.25, -0.2) is 0 Å². The smallest absolute Gasteiger partial charge is 0.229 e. The fourth-order valence-electron chi connectivity index (χ4n) is 1.72. The van der Waals surface area contributed by atoms with Crippen molar-refractivity contribution in [3.8, 4) is 0 Å². The Labute approximate surface area is 77.2 Å². The third-order valence-electron chi connectivity index (χ3n) is 2.43. The summed E-state index contributed by atoms with van der Waals surface area (Å²) < 4.78 is 0. The molecule has 0 spiro atoms. The lowest BCUT2D eigenvalue weighted by atomic mass is 9.93. The molecule has 0 aliphatic carbocycles. The molecule has 0 saturated heterocycles. The minimum atomic E-state index is -0.0510. The van der Waals surface area contributed by atoms with Crippen LogP contribution in [0.3, 0.4) is 0 Å². The zero-order chi connectivity index (χ0) is 9.26. The highest BCUT2D eigenvalue weighted by molar-refractivity contribution is 5.84. The zero-order valence-electron chi connectivity index (χ0n) is 7.58. The summed E-state index contributed by atoms with van der Waals surface area (Å²) in [4.78, 5) is 15.7. The first-order valence-electron chi connectivity index (χ1n) is 4.54. The van der Waals surface area contributed by atoms with Crippen molar-refractivity contribution in [3.63, 3.8) is 0 Å². The number of amides is 1. The summed E-state index contributed by atoms with van der Waals surface area (Å²) in [6.07, 6.45) is 2.57. The minimum Gasteiger partial charge on any atom is -0.351 e. The summed E-state index contributed by atoms with van der Waals surface area (Å²) in [5, 5.41) is 2.86. The van der Waals surface area contributed by atoms with Crippen LogP contribution in [0.15, 0.2) is 18.3 Å². The number of aromatic nitrogens is 1. The molecule has 2 heterocycles. The van der Waals surface area contributed by atoms with E-state index in [9.17, 15) is 4.79 Å². The molecule has 3 nitrogen and oxygen atoms in total. The molecule has 1 aliphatic heterocycles. The highest BCUT2D eigenvalue weighted by Gasteiger charge is 2.26. The van der Waals surface area contributed by atoms with Gasteiger partial charge in [0.25, 0.3) is 0 Å². The number of hydrogen-bond donors (Lipinski definition) is 1. The maximum absolute atomic E-state index is 11.4. The molecule has 0 aromatic carbocycles. The standard InChI is InChI=1S/C10H12N2O/c1-2-8-9-7(4-3-5-11-9)6-12-10(8)13/h3-5,8H,2,6H2,1H3,(H,12,13). The molecule has 0 saturated carbocycles. The maximum Gasteiger partial charge on any atom is 0.229 e. The van der Waals surface area contributed by atoms with Crippen molar-refractivity contribution in [2.45, 2.75) is 25.8 Å². The van der Waals surface area contributed by atoms with Gasteiger partial charge in [0, 0.05) is 12.7 Å². The first kappa shape index (κ1) is 8.23. The number of carbonyl (C=O) groups excluding carboxylic acids is 1. The third kappa shape index (κ3) is 1.30. The summed E-state index contributed by atoms with van der Waals surface area (Å²) in [6.45, 7) is 2.63. The molecule has 68 valence electrons. The molecule has 0 fully saturated rings. The van der Waals surface area contributed by atoms with Crippen molar-refractivity contribution in [2.75, 3.05) is 0 Å². The lowest BCUT2D eigenvalue weighted by Gasteiger charge is -2.22. The topological polar surface area (TPSA) is 42.0 Å². The average Bonchev–Trinajstić information content (AvgIpc) is 2.18. The summed E-state index contributed by atoms with van der Waals surface area (Å²) in [7, 11) is 0. The highest BCUT2D eigenvalue weighted by Crippen LogP contribution is 2.24. The van der Waals surface area contributed by atoms with Crippen molar-refractivity contribution in [1.29, 1.82) is 0 Å². The van der Waals surface area contributed by atoms with E-state index in [1.54, 1.807) is 6.20 Å². The van der Waals surface area contributed by atoms with Gasteiger partial charge in [-0.1, -0.05) is 13.0 Å². The van der Waals surface area contributed by atoms with Crippen LogP contribution in [-0.2, 0) is 11.3 Å². The van der Waals surface area contributed by atoms with Crippen LogP contribution in [0, 0.1) is 0 Å². The van der Waals surface area contributed by atoms with Gasteiger partial charge in [-0.3, -0.25) is 9.78 Å². The van der Waals surface area contributed by atoms with Crippen molar-refractivity contribution in [3.05, 3.63) is 29.6 Å². The average molecular weight is 176 g/mol. The van der Waals surface area contributed by atoms with Crippen LogP contribution in [-0.4, -0.2) is 10.9 Å². The molecule has 1 N–H and O–H groups in total. The van der Waals surface area contributed by atoms with Gasteiger partial charge in [0.15, 0.2) is 0 Å². The first-order chi connectivity index (χ1) is 6.33. The van der Waals surface area contributed by atoms with Crippen LogP contribution in [0.1, 0.15) is 30.5 Å². The number of nitrogens with one attached hydrogen (secondary N) is 1. The van der Waals surface area contributed by atoms with Crippen LogP contribution in [0.2, 0.25) is 0 Å².